The number of aromatic nitrogens is 1. The van der Waals surface area contributed by atoms with Crippen LogP contribution in [0.3, 0.4) is 0 Å². The zero-order chi connectivity index (χ0) is 23.4. The Bertz CT molecular complexity index is 1190. The third-order valence-electron chi connectivity index (χ3n) is 6.01. The maximum Gasteiger partial charge on any atom is 0.243 e. The van der Waals surface area contributed by atoms with Gasteiger partial charge in [-0.25, -0.2) is 13.4 Å². The molecule has 0 spiro atoms. The molecule has 0 unspecified atom stereocenters. The number of hydrogen-bond acceptors (Lipinski definition) is 6. The van der Waals surface area contributed by atoms with Crippen LogP contribution in [0.5, 0.6) is 0 Å². The van der Waals surface area contributed by atoms with Crippen molar-refractivity contribution in [2.45, 2.75) is 44.4 Å². The number of piperidine rings is 1. The first-order chi connectivity index (χ1) is 15.8. The Morgan fingerprint density at radius 2 is 1.76 bits per heavy atom. The van der Waals surface area contributed by atoms with Gasteiger partial charge in [-0.15, -0.1) is 11.3 Å². The summed E-state index contributed by atoms with van der Waals surface area (Å²) in [7, 11) is -3.44. The molecule has 0 saturated carbocycles. The van der Waals surface area contributed by atoms with E-state index >= 15 is 0 Å². The quantitative estimate of drug-likeness (QED) is 0.341. The lowest BCUT2D eigenvalue weighted by atomic mass is 10.0. The van der Waals surface area contributed by atoms with E-state index < -0.39 is 10.0 Å². The largest absolute Gasteiger partial charge is 0.253 e. The Balaban J connectivity index is 1.39. The molecule has 0 radical (unpaired) electrons. The molecule has 0 bridgehead atoms. The second-order valence-electron chi connectivity index (χ2n) is 8.84. The first-order valence-electron chi connectivity index (χ1n) is 11.3. The molecule has 3 aromatic rings. The van der Waals surface area contributed by atoms with Crippen LogP contribution in [0, 0.1) is 5.92 Å². The Labute approximate surface area is 200 Å². The van der Waals surface area contributed by atoms with Crippen molar-refractivity contribution in [2.24, 2.45) is 11.0 Å². The summed E-state index contributed by atoms with van der Waals surface area (Å²) in [5.74, 6) is 1.09. The molecular weight excluding hydrogens is 452 g/mol. The molecule has 0 amide bonds. The second kappa shape index (κ2) is 10.2. The number of nitrogens with one attached hydrogen (secondary N) is 1. The Morgan fingerprint density at radius 3 is 2.39 bits per heavy atom. The number of nitrogens with zero attached hydrogens (tertiary/aromatic N) is 3. The smallest absolute Gasteiger partial charge is 0.243 e. The molecule has 0 atom stereocenters. The minimum Gasteiger partial charge on any atom is -0.253 e. The van der Waals surface area contributed by atoms with E-state index in [2.05, 4.69) is 48.4 Å². The van der Waals surface area contributed by atoms with Crippen LogP contribution >= 0.6 is 11.3 Å². The van der Waals surface area contributed by atoms with Crippen LogP contribution in [-0.2, 0) is 10.0 Å². The van der Waals surface area contributed by atoms with Crippen molar-refractivity contribution < 1.29 is 8.42 Å². The minimum atomic E-state index is -3.44. The van der Waals surface area contributed by atoms with Gasteiger partial charge in [-0.3, -0.25) is 5.43 Å². The SMILES string of the molecule is CC1CCN(S(=O)(=O)c2ccc(-c3csc(NN=Cc4ccc(C(C)C)cc4)n3)cc2)CC1. The van der Waals surface area contributed by atoms with Gasteiger partial charge in [0, 0.05) is 24.0 Å². The molecule has 6 nitrogen and oxygen atoms in total. The number of thiazole rings is 1. The molecule has 4 rings (SSSR count). The maximum absolute atomic E-state index is 12.9. The predicted octanol–water partition coefficient (Wildman–Crippen LogP) is 5.80. The van der Waals surface area contributed by atoms with E-state index in [0.29, 0.717) is 35.0 Å². The molecule has 1 N–H and O–H groups in total. The topological polar surface area (TPSA) is 74.7 Å². The van der Waals surface area contributed by atoms with Gasteiger partial charge in [0.2, 0.25) is 15.2 Å². The predicted molar refractivity (Wildman–Crippen MR) is 136 cm³/mol. The molecule has 1 aromatic heterocycles. The van der Waals surface area contributed by atoms with Crippen molar-refractivity contribution in [3.05, 3.63) is 65.0 Å². The lowest BCUT2D eigenvalue weighted by molar-refractivity contribution is 0.288. The summed E-state index contributed by atoms with van der Waals surface area (Å²) < 4.78 is 27.4. The maximum atomic E-state index is 12.9. The van der Waals surface area contributed by atoms with Crippen LogP contribution in [0.1, 0.15) is 50.7 Å². The molecule has 1 aliphatic heterocycles. The number of hydrazone groups is 1. The van der Waals surface area contributed by atoms with Gasteiger partial charge in [0.25, 0.3) is 0 Å². The molecule has 174 valence electrons. The van der Waals surface area contributed by atoms with Gasteiger partial charge in [0.05, 0.1) is 16.8 Å². The summed E-state index contributed by atoms with van der Waals surface area (Å²) in [4.78, 5) is 4.91. The summed E-state index contributed by atoms with van der Waals surface area (Å²) >= 11 is 1.46. The average molecular weight is 483 g/mol. The summed E-state index contributed by atoms with van der Waals surface area (Å²) in [6.45, 7) is 7.70. The third kappa shape index (κ3) is 5.69. The highest BCUT2D eigenvalue weighted by molar-refractivity contribution is 7.89. The first kappa shape index (κ1) is 23.6. The number of sulfonamides is 1. The molecule has 2 aromatic carbocycles. The monoisotopic (exact) mass is 482 g/mol. The van der Waals surface area contributed by atoms with Gasteiger partial charge < -0.3 is 0 Å². The van der Waals surface area contributed by atoms with Gasteiger partial charge in [0.1, 0.15) is 0 Å². The van der Waals surface area contributed by atoms with E-state index in [1.807, 2.05) is 29.6 Å². The lowest BCUT2D eigenvalue weighted by Gasteiger charge is -2.29. The summed E-state index contributed by atoms with van der Waals surface area (Å²) in [6, 6.07) is 15.3. The van der Waals surface area contributed by atoms with Crippen molar-refractivity contribution >= 4 is 32.7 Å². The van der Waals surface area contributed by atoms with Crippen LogP contribution in [-0.4, -0.2) is 37.0 Å². The number of anilines is 1. The van der Waals surface area contributed by atoms with Crippen LogP contribution < -0.4 is 5.43 Å². The Morgan fingerprint density at radius 1 is 1.09 bits per heavy atom. The van der Waals surface area contributed by atoms with Crippen molar-refractivity contribution in [3.8, 4) is 11.3 Å². The molecule has 8 heteroatoms. The fourth-order valence-corrected chi connectivity index (χ4v) is 5.90. The van der Waals surface area contributed by atoms with Crippen LogP contribution in [0.15, 0.2) is 63.9 Å². The average Bonchev–Trinajstić information content (AvgIpc) is 3.29. The van der Waals surface area contributed by atoms with E-state index in [0.717, 1.165) is 29.7 Å². The van der Waals surface area contributed by atoms with Crippen LogP contribution in [0.25, 0.3) is 11.3 Å². The van der Waals surface area contributed by atoms with Crippen LogP contribution in [0.4, 0.5) is 5.13 Å². The second-order valence-corrected chi connectivity index (χ2v) is 11.6. The summed E-state index contributed by atoms with van der Waals surface area (Å²) in [6.07, 6.45) is 3.60. The molecule has 33 heavy (non-hydrogen) atoms. The van der Waals surface area contributed by atoms with Crippen molar-refractivity contribution in [1.82, 2.24) is 9.29 Å². The van der Waals surface area contributed by atoms with Gasteiger partial charge in [0.15, 0.2) is 0 Å². The standard InChI is InChI=1S/C25H30N4O2S2/c1-18(2)21-6-4-20(5-7-21)16-26-28-25-27-24(17-32-25)22-8-10-23(11-9-22)33(30,31)29-14-12-19(3)13-15-29/h4-11,16-19H,12-15H2,1-3H3,(H,27,28). The Kier molecular flexibility index (Phi) is 7.26. The first-order valence-corrected chi connectivity index (χ1v) is 13.6. The number of hydrogen-bond donors (Lipinski definition) is 1. The molecule has 1 fully saturated rings. The number of rotatable bonds is 7. The fourth-order valence-electron chi connectivity index (χ4n) is 3.76. The van der Waals surface area contributed by atoms with E-state index in [1.165, 1.54) is 16.9 Å². The summed E-state index contributed by atoms with van der Waals surface area (Å²) in [5.41, 5.74) is 6.96. The molecule has 1 aliphatic rings. The number of benzene rings is 2. The highest BCUT2D eigenvalue weighted by Gasteiger charge is 2.27. The molecule has 2 heterocycles. The van der Waals surface area contributed by atoms with Crippen molar-refractivity contribution in [3.63, 3.8) is 0 Å². The highest BCUT2D eigenvalue weighted by atomic mass is 32.2. The zero-order valence-electron chi connectivity index (χ0n) is 19.2. The highest BCUT2D eigenvalue weighted by Crippen LogP contribution is 2.28. The molecule has 0 aliphatic carbocycles. The van der Waals surface area contributed by atoms with Gasteiger partial charge >= 0.3 is 0 Å². The Hall–Kier alpha value is -2.55. The zero-order valence-corrected chi connectivity index (χ0v) is 20.9. The third-order valence-corrected chi connectivity index (χ3v) is 8.67. The minimum absolute atomic E-state index is 0.336. The van der Waals surface area contributed by atoms with Crippen molar-refractivity contribution in [2.75, 3.05) is 18.5 Å². The van der Waals surface area contributed by atoms with E-state index in [9.17, 15) is 8.42 Å². The fraction of sp³-hybridized carbons (Fsp3) is 0.360. The van der Waals surface area contributed by atoms with E-state index in [1.54, 1.807) is 22.7 Å². The van der Waals surface area contributed by atoms with Gasteiger partial charge in [-0.2, -0.15) is 9.41 Å². The molecule has 1 saturated heterocycles. The van der Waals surface area contributed by atoms with E-state index in [-0.39, 0.29) is 0 Å². The van der Waals surface area contributed by atoms with E-state index in [4.69, 9.17) is 0 Å². The van der Waals surface area contributed by atoms with Gasteiger partial charge in [-0.05, 0) is 47.9 Å². The van der Waals surface area contributed by atoms with Crippen LogP contribution in [0.2, 0.25) is 0 Å². The molecular formula is C25H30N4O2S2. The van der Waals surface area contributed by atoms with Crippen molar-refractivity contribution in [1.29, 1.82) is 0 Å². The normalized spacial score (nSPS) is 16.0. The lowest BCUT2D eigenvalue weighted by Crippen LogP contribution is -2.37. The van der Waals surface area contributed by atoms with Gasteiger partial charge in [-0.1, -0.05) is 57.2 Å². The summed E-state index contributed by atoms with van der Waals surface area (Å²) in [5, 5.41) is 6.90.